The van der Waals surface area contributed by atoms with Crippen LogP contribution in [-0.4, -0.2) is 54.9 Å². The number of piperidine rings is 1. The Morgan fingerprint density at radius 1 is 1.36 bits per heavy atom. The monoisotopic (exact) mass is 368 g/mol. The minimum atomic E-state index is -3.21. The number of aromatic nitrogens is 1. The molecule has 0 radical (unpaired) electrons. The number of carbonyl (C=O) groups is 2. The summed E-state index contributed by atoms with van der Waals surface area (Å²) in [6, 6.07) is 2.99. The Kier molecular flexibility index (Phi) is 6.49. The van der Waals surface area contributed by atoms with Gasteiger partial charge < -0.3 is 10.6 Å². The number of nitrogens with one attached hydrogen (secondary N) is 2. The van der Waals surface area contributed by atoms with Crippen molar-refractivity contribution in [3.63, 3.8) is 0 Å². The van der Waals surface area contributed by atoms with E-state index in [2.05, 4.69) is 15.6 Å². The van der Waals surface area contributed by atoms with E-state index in [1.54, 1.807) is 25.4 Å². The molecule has 0 saturated carbocycles. The molecule has 1 atom stereocenters. The van der Waals surface area contributed by atoms with Gasteiger partial charge in [-0.2, -0.15) is 0 Å². The topological polar surface area (TPSA) is 108 Å². The quantitative estimate of drug-likeness (QED) is 0.727. The van der Waals surface area contributed by atoms with Crippen molar-refractivity contribution in [2.24, 2.45) is 5.92 Å². The smallest absolute Gasteiger partial charge is 0.242 e. The zero-order valence-electron chi connectivity index (χ0n) is 14.4. The fraction of sp³-hybridized carbons (Fsp3) is 0.562. The molecule has 2 amide bonds. The van der Waals surface area contributed by atoms with Gasteiger partial charge in [0.25, 0.3) is 0 Å². The molecule has 1 fully saturated rings. The summed E-state index contributed by atoms with van der Waals surface area (Å²) < 4.78 is 24.3. The molecule has 0 aliphatic carbocycles. The Balaban J connectivity index is 1.77. The van der Waals surface area contributed by atoms with E-state index in [4.69, 9.17) is 0 Å². The molecule has 1 aliphatic rings. The molecule has 1 aliphatic heterocycles. The van der Waals surface area contributed by atoms with Crippen LogP contribution in [0.5, 0.6) is 0 Å². The molecule has 1 aromatic heterocycles. The number of sulfonamides is 1. The van der Waals surface area contributed by atoms with Crippen molar-refractivity contribution in [3.8, 4) is 0 Å². The van der Waals surface area contributed by atoms with Gasteiger partial charge in [0.1, 0.15) is 6.04 Å². The Bertz CT molecular complexity index is 700. The first-order valence-corrected chi connectivity index (χ1v) is 10.0. The minimum absolute atomic E-state index is 0.211. The van der Waals surface area contributed by atoms with Crippen molar-refractivity contribution in [1.29, 1.82) is 0 Å². The summed E-state index contributed by atoms with van der Waals surface area (Å²) in [7, 11) is -3.21. The van der Waals surface area contributed by atoms with Crippen molar-refractivity contribution in [2.45, 2.75) is 32.4 Å². The number of nitrogens with zero attached hydrogens (tertiary/aromatic N) is 2. The van der Waals surface area contributed by atoms with E-state index in [1.807, 2.05) is 6.07 Å². The van der Waals surface area contributed by atoms with Crippen LogP contribution < -0.4 is 10.6 Å². The van der Waals surface area contributed by atoms with Crippen molar-refractivity contribution >= 4 is 21.8 Å². The molecule has 9 heteroatoms. The molecule has 2 heterocycles. The average molecular weight is 368 g/mol. The molecular formula is C16H24N4O4S. The summed E-state index contributed by atoms with van der Waals surface area (Å²) in [5.41, 5.74) is 0.877. The first kappa shape index (κ1) is 19.3. The van der Waals surface area contributed by atoms with Crippen LogP contribution in [-0.2, 0) is 26.2 Å². The SMILES string of the molecule is C[C@@H](NC(=O)C1CCN(S(C)(=O)=O)CC1)C(=O)NCc1cccnc1. The van der Waals surface area contributed by atoms with Gasteiger partial charge in [0, 0.05) is 37.9 Å². The van der Waals surface area contributed by atoms with Gasteiger partial charge in [-0.25, -0.2) is 12.7 Å². The zero-order valence-corrected chi connectivity index (χ0v) is 15.3. The van der Waals surface area contributed by atoms with Crippen molar-refractivity contribution in [2.75, 3.05) is 19.3 Å². The maximum atomic E-state index is 12.3. The van der Waals surface area contributed by atoms with E-state index in [0.29, 0.717) is 32.5 Å². The van der Waals surface area contributed by atoms with E-state index in [-0.39, 0.29) is 17.7 Å². The maximum absolute atomic E-state index is 12.3. The molecule has 0 spiro atoms. The Hall–Kier alpha value is -2.00. The molecule has 138 valence electrons. The molecule has 0 aromatic carbocycles. The van der Waals surface area contributed by atoms with Gasteiger partial charge in [0.2, 0.25) is 21.8 Å². The van der Waals surface area contributed by atoms with Crippen LogP contribution in [0.4, 0.5) is 0 Å². The summed E-state index contributed by atoms with van der Waals surface area (Å²) >= 11 is 0. The van der Waals surface area contributed by atoms with Gasteiger partial charge in [-0.1, -0.05) is 6.07 Å². The van der Waals surface area contributed by atoms with Gasteiger partial charge in [0.15, 0.2) is 0 Å². The number of pyridine rings is 1. The highest BCUT2D eigenvalue weighted by molar-refractivity contribution is 7.88. The van der Waals surface area contributed by atoms with Crippen molar-refractivity contribution in [1.82, 2.24) is 19.9 Å². The molecule has 2 N–H and O–H groups in total. The highest BCUT2D eigenvalue weighted by atomic mass is 32.2. The fourth-order valence-corrected chi connectivity index (χ4v) is 3.57. The number of hydrogen-bond donors (Lipinski definition) is 2. The Labute approximate surface area is 148 Å². The summed E-state index contributed by atoms with van der Waals surface area (Å²) in [5, 5.41) is 5.46. The molecule has 0 unspecified atom stereocenters. The minimum Gasteiger partial charge on any atom is -0.350 e. The standard InChI is InChI=1S/C16H24N4O4S/c1-12(15(21)18-11-13-4-3-7-17-10-13)19-16(22)14-5-8-20(9-6-14)25(2,23)24/h3-4,7,10,12,14H,5-6,8-9,11H2,1-2H3,(H,18,21)(H,19,22)/t12-/m1/s1. The van der Waals surface area contributed by atoms with Gasteiger partial charge in [0.05, 0.1) is 6.26 Å². The molecule has 2 rings (SSSR count). The lowest BCUT2D eigenvalue weighted by molar-refractivity contribution is -0.131. The fourth-order valence-electron chi connectivity index (χ4n) is 2.69. The van der Waals surface area contributed by atoms with E-state index in [9.17, 15) is 18.0 Å². The summed E-state index contributed by atoms with van der Waals surface area (Å²) in [6.07, 6.45) is 5.41. The van der Waals surface area contributed by atoms with Gasteiger partial charge in [-0.05, 0) is 31.4 Å². The second kappa shape index (κ2) is 8.39. The largest absolute Gasteiger partial charge is 0.350 e. The second-order valence-electron chi connectivity index (χ2n) is 6.25. The number of carbonyl (C=O) groups excluding carboxylic acids is 2. The first-order valence-electron chi connectivity index (χ1n) is 8.19. The van der Waals surface area contributed by atoms with E-state index >= 15 is 0 Å². The molecule has 25 heavy (non-hydrogen) atoms. The molecular weight excluding hydrogens is 344 g/mol. The number of rotatable bonds is 6. The van der Waals surface area contributed by atoms with Crippen LogP contribution in [0, 0.1) is 5.92 Å². The summed E-state index contributed by atoms with van der Waals surface area (Å²) in [6.45, 7) is 2.64. The lowest BCUT2D eigenvalue weighted by atomic mass is 9.97. The lowest BCUT2D eigenvalue weighted by Gasteiger charge is -2.30. The highest BCUT2D eigenvalue weighted by Gasteiger charge is 2.30. The van der Waals surface area contributed by atoms with E-state index < -0.39 is 16.1 Å². The predicted octanol–water partition coefficient (Wildman–Crippen LogP) is -0.126. The van der Waals surface area contributed by atoms with Crippen molar-refractivity contribution in [3.05, 3.63) is 30.1 Å². The van der Waals surface area contributed by atoms with Crippen LogP contribution >= 0.6 is 0 Å². The van der Waals surface area contributed by atoms with Gasteiger partial charge in [-0.15, -0.1) is 0 Å². The zero-order chi connectivity index (χ0) is 18.4. The molecule has 8 nitrogen and oxygen atoms in total. The third-order valence-electron chi connectivity index (χ3n) is 4.24. The third-order valence-corrected chi connectivity index (χ3v) is 5.54. The summed E-state index contributed by atoms with van der Waals surface area (Å²) in [5.74, 6) is -0.755. The van der Waals surface area contributed by atoms with Gasteiger partial charge in [-0.3, -0.25) is 14.6 Å². The van der Waals surface area contributed by atoms with Crippen LogP contribution in [0.25, 0.3) is 0 Å². The van der Waals surface area contributed by atoms with Crippen LogP contribution in [0.3, 0.4) is 0 Å². The van der Waals surface area contributed by atoms with Gasteiger partial charge >= 0.3 is 0 Å². The van der Waals surface area contributed by atoms with Crippen LogP contribution in [0.1, 0.15) is 25.3 Å². The third kappa shape index (κ3) is 5.79. The number of amides is 2. The van der Waals surface area contributed by atoms with Crippen LogP contribution in [0.15, 0.2) is 24.5 Å². The lowest BCUT2D eigenvalue weighted by Crippen LogP contribution is -2.48. The highest BCUT2D eigenvalue weighted by Crippen LogP contribution is 2.19. The Morgan fingerprint density at radius 2 is 2.04 bits per heavy atom. The van der Waals surface area contributed by atoms with Crippen LogP contribution in [0.2, 0.25) is 0 Å². The summed E-state index contributed by atoms with van der Waals surface area (Å²) in [4.78, 5) is 28.3. The van der Waals surface area contributed by atoms with E-state index in [0.717, 1.165) is 5.56 Å². The average Bonchev–Trinajstić information content (AvgIpc) is 2.59. The first-order chi connectivity index (χ1) is 11.8. The van der Waals surface area contributed by atoms with E-state index in [1.165, 1.54) is 10.6 Å². The predicted molar refractivity (Wildman–Crippen MR) is 92.8 cm³/mol. The Morgan fingerprint density at radius 3 is 2.60 bits per heavy atom. The molecule has 1 aromatic rings. The maximum Gasteiger partial charge on any atom is 0.242 e. The van der Waals surface area contributed by atoms with Crippen molar-refractivity contribution < 1.29 is 18.0 Å². The second-order valence-corrected chi connectivity index (χ2v) is 8.23. The number of hydrogen-bond acceptors (Lipinski definition) is 5. The molecule has 0 bridgehead atoms. The normalized spacial score (nSPS) is 17.7. The molecule has 1 saturated heterocycles.